The van der Waals surface area contributed by atoms with Crippen molar-refractivity contribution in [2.75, 3.05) is 0 Å². The number of hydrogen-bond donors (Lipinski definition) is 0. The fourth-order valence-electron chi connectivity index (χ4n) is 1.03. The molecule has 2 rings (SSSR count). The van der Waals surface area contributed by atoms with Crippen LogP contribution in [0.4, 0.5) is 13.2 Å². The van der Waals surface area contributed by atoms with Crippen LogP contribution < -0.4 is 0 Å². The number of aryl methyl sites for hydroxylation is 1. The smallest absolute Gasteiger partial charge is 0.311 e. The lowest BCUT2D eigenvalue weighted by atomic mass is 10.5. The molecule has 0 aliphatic carbocycles. The number of halogens is 4. The largest absolute Gasteiger partial charge is 0.451 e. The molecule has 0 aromatic carbocycles. The predicted molar refractivity (Wildman–Crippen MR) is 57.2 cm³/mol. The zero-order chi connectivity index (χ0) is 13.3. The molecule has 0 saturated carbocycles. The summed E-state index contributed by atoms with van der Waals surface area (Å²) in [4.78, 5) is 6.51. The van der Waals surface area contributed by atoms with Crippen molar-refractivity contribution >= 4 is 23.4 Å². The van der Waals surface area contributed by atoms with Crippen LogP contribution in [-0.4, -0.2) is 24.7 Å². The standard InChI is InChI=1S/C8H5ClF3N5S/c1-17-3-13-16-7(17)18-5-2-4(9)14-6(15-5)8(10,11)12/h2-3H,1H3. The average Bonchev–Trinajstić information content (AvgIpc) is 2.62. The molecule has 2 aromatic heterocycles. The quantitative estimate of drug-likeness (QED) is 0.797. The Morgan fingerprint density at radius 1 is 1.33 bits per heavy atom. The first kappa shape index (κ1) is 13.1. The van der Waals surface area contributed by atoms with Crippen molar-refractivity contribution in [1.82, 2.24) is 24.7 Å². The van der Waals surface area contributed by atoms with Crippen molar-refractivity contribution in [3.05, 3.63) is 23.4 Å². The van der Waals surface area contributed by atoms with Gasteiger partial charge in [-0.25, -0.2) is 9.97 Å². The molecule has 96 valence electrons. The van der Waals surface area contributed by atoms with Crippen molar-refractivity contribution in [3.63, 3.8) is 0 Å². The predicted octanol–water partition coefficient (Wildman–Crippen LogP) is 2.43. The number of alkyl halides is 3. The SMILES string of the molecule is Cn1cnnc1Sc1cc(Cl)nc(C(F)(F)F)n1. The summed E-state index contributed by atoms with van der Waals surface area (Å²) in [7, 11) is 1.66. The third-order valence-electron chi connectivity index (χ3n) is 1.79. The molecule has 0 aliphatic rings. The van der Waals surface area contributed by atoms with Crippen LogP contribution in [0.3, 0.4) is 0 Å². The second kappa shape index (κ2) is 4.73. The normalized spacial score (nSPS) is 11.8. The summed E-state index contributed by atoms with van der Waals surface area (Å²) in [5, 5.41) is 7.51. The average molecular weight is 296 g/mol. The van der Waals surface area contributed by atoms with E-state index in [9.17, 15) is 13.2 Å². The third-order valence-corrected chi connectivity index (χ3v) is 2.95. The number of nitrogens with zero attached hydrogens (tertiary/aromatic N) is 5. The van der Waals surface area contributed by atoms with Gasteiger partial charge in [-0.1, -0.05) is 11.6 Å². The summed E-state index contributed by atoms with van der Waals surface area (Å²) in [6.45, 7) is 0. The Hall–Kier alpha value is -1.35. The summed E-state index contributed by atoms with van der Waals surface area (Å²) >= 11 is 6.45. The Morgan fingerprint density at radius 3 is 2.61 bits per heavy atom. The van der Waals surface area contributed by atoms with Crippen LogP contribution in [0.1, 0.15) is 5.82 Å². The molecule has 2 heterocycles. The molecule has 0 N–H and O–H groups in total. The second-order valence-electron chi connectivity index (χ2n) is 3.18. The highest BCUT2D eigenvalue weighted by atomic mass is 35.5. The lowest BCUT2D eigenvalue weighted by molar-refractivity contribution is -0.145. The van der Waals surface area contributed by atoms with Gasteiger partial charge in [0.2, 0.25) is 5.82 Å². The first-order chi connectivity index (χ1) is 8.36. The van der Waals surface area contributed by atoms with E-state index in [0.717, 1.165) is 11.8 Å². The second-order valence-corrected chi connectivity index (χ2v) is 4.55. The first-order valence-corrected chi connectivity index (χ1v) is 5.69. The number of rotatable bonds is 2. The van der Waals surface area contributed by atoms with Crippen molar-refractivity contribution in [1.29, 1.82) is 0 Å². The van der Waals surface area contributed by atoms with E-state index in [1.54, 1.807) is 11.6 Å². The van der Waals surface area contributed by atoms with Gasteiger partial charge < -0.3 is 4.57 Å². The monoisotopic (exact) mass is 295 g/mol. The lowest BCUT2D eigenvalue weighted by Gasteiger charge is -2.06. The van der Waals surface area contributed by atoms with Gasteiger partial charge in [0.25, 0.3) is 0 Å². The fraction of sp³-hybridized carbons (Fsp3) is 0.250. The maximum Gasteiger partial charge on any atom is 0.451 e. The lowest BCUT2D eigenvalue weighted by Crippen LogP contribution is -2.11. The first-order valence-electron chi connectivity index (χ1n) is 4.50. The maximum absolute atomic E-state index is 12.5. The van der Waals surface area contributed by atoms with E-state index in [1.807, 2.05) is 0 Å². The molecular weight excluding hydrogens is 291 g/mol. The van der Waals surface area contributed by atoms with E-state index >= 15 is 0 Å². The zero-order valence-corrected chi connectivity index (χ0v) is 10.4. The molecule has 0 atom stereocenters. The topological polar surface area (TPSA) is 56.5 Å². The van der Waals surface area contributed by atoms with Crippen LogP contribution in [0.2, 0.25) is 5.15 Å². The molecule has 0 amide bonds. The molecule has 0 unspecified atom stereocenters. The van der Waals surface area contributed by atoms with Gasteiger partial charge in [-0.2, -0.15) is 13.2 Å². The van der Waals surface area contributed by atoms with E-state index in [2.05, 4.69) is 20.2 Å². The molecule has 0 saturated heterocycles. The minimum Gasteiger partial charge on any atom is -0.311 e. The van der Waals surface area contributed by atoms with Gasteiger partial charge in [0.15, 0.2) is 5.16 Å². The van der Waals surface area contributed by atoms with Crippen LogP contribution in [0.15, 0.2) is 22.6 Å². The third kappa shape index (κ3) is 2.91. The Morgan fingerprint density at radius 2 is 2.06 bits per heavy atom. The summed E-state index contributed by atoms with van der Waals surface area (Å²) in [5.74, 6) is -1.28. The molecule has 5 nitrogen and oxygen atoms in total. The van der Waals surface area contributed by atoms with E-state index in [-0.39, 0.29) is 10.2 Å². The summed E-state index contributed by atoms with van der Waals surface area (Å²) in [6, 6.07) is 1.23. The van der Waals surface area contributed by atoms with Crippen molar-refractivity contribution in [2.45, 2.75) is 16.4 Å². The highest BCUT2D eigenvalue weighted by Crippen LogP contribution is 2.31. The summed E-state index contributed by atoms with van der Waals surface area (Å²) in [5.41, 5.74) is 0. The Balaban J connectivity index is 2.35. The maximum atomic E-state index is 12.5. The highest BCUT2D eigenvalue weighted by molar-refractivity contribution is 7.99. The van der Waals surface area contributed by atoms with Crippen LogP contribution in [-0.2, 0) is 13.2 Å². The van der Waals surface area contributed by atoms with Gasteiger partial charge in [-0.05, 0) is 11.8 Å². The van der Waals surface area contributed by atoms with Crippen LogP contribution in [0.5, 0.6) is 0 Å². The molecule has 18 heavy (non-hydrogen) atoms. The van der Waals surface area contributed by atoms with Gasteiger partial charge in [0.1, 0.15) is 16.5 Å². The number of hydrogen-bond acceptors (Lipinski definition) is 5. The van der Waals surface area contributed by atoms with Crippen LogP contribution in [0.25, 0.3) is 0 Å². The van der Waals surface area contributed by atoms with Gasteiger partial charge in [0, 0.05) is 13.1 Å². The Kier molecular flexibility index (Phi) is 3.44. The van der Waals surface area contributed by atoms with Crippen LogP contribution in [0, 0.1) is 0 Å². The van der Waals surface area contributed by atoms with E-state index in [4.69, 9.17) is 11.6 Å². The van der Waals surface area contributed by atoms with Gasteiger partial charge in [0.05, 0.1) is 0 Å². The molecule has 10 heteroatoms. The molecule has 0 fully saturated rings. The van der Waals surface area contributed by atoms with E-state index in [0.29, 0.717) is 5.16 Å². The van der Waals surface area contributed by atoms with Crippen molar-refractivity contribution in [3.8, 4) is 0 Å². The van der Waals surface area contributed by atoms with Crippen molar-refractivity contribution < 1.29 is 13.2 Å². The molecule has 0 radical (unpaired) electrons. The minimum absolute atomic E-state index is 0.0541. The zero-order valence-electron chi connectivity index (χ0n) is 8.81. The highest BCUT2D eigenvalue weighted by Gasteiger charge is 2.35. The summed E-state index contributed by atoms with van der Waals surface area (Å²) in [6.07, 6.45) is -3.21. The minimum atomic E-state index is -4.64. The van der Waals surface area contributed by atoms with Crippen molar-refractivity contribution in [2.24, 2.45) is 7.05 Å². The molecule has 0 spiro atoms. The molecule has 2 aromatic rings. The van der Waals surface area contributed by atoms with E-state index < -0.39 is 12.0 Å². The van der Waals surface area contributed by atoms with Gasteiger partial charge >= 0.3 is 6.18 Å². The van der Waals surface area contributed by atoms with E-state index in [1.165, 1.54) is 12.4 Å². The van der Waals surface area contributed by atoms with Gasteiger partial charge in [-0.15, -0.1) is 10.2 Å². The Labute approximate surface area is 108 Å². The fourth-order valence-corrected chi connectivity index (χ4v) is 2.05. The summed E-state index contributed by atoms with van der Waals surface area (Å²) < 4.78 is 39.0. The molecule has 0 bridgehead atoms. The molecule has 0 aliphatic heterocycles. The van der Waals surface area contributed by atoms with Crippen LogP contribution >= 0.6 is 23.4 Å². The Bertz CT molecular complexity index is 570. The molecular formula is C8H5ClF3N5S. The van der Waals surface area contributed by atoms with Gasteiger partial charge in [-0.3, -0.25) is 0 Å². The number of aromatic nitrogens is 5.